The lowest BCUT2D eigenvalue weighted by atomic mass is 9.90. The molecule has 1 amide bonds. The van der Waals surface area contributed by atoms with Crippen LogP contribution in [0.2, 0.25) is 0 Å². The summed E-state index contributed by atoms with van der Waals surface area (Å²) in [5, 5.41) is 0. The minimum atomic E-state index is -4.66. The largest absolute Gasteiger partial charge is 0.480 e. The fraction of sp³-hybridized carbons (Fsp3) is 0.435. The standard InChI is InChI=1S/C23H23ClF3NO5S/c1-14(23(25,26)27)33-21-5-4-19(34(24,30)31)11-20(21)22(29)28-12-17-3-2-16(10-18(17)13-28)15-6-8-32-9-7-15/h2-5,10-11,14-15H,6-9,12-13H2,1H3. The summed E-state index contributed by atoms with van der Waals surface area (Å²) in [6.45, 7) is 2.70. The first-order chi connectivity index (χ1) is 15.9. The summed E-state index contributed by atoms with van der Waals surface area (Å²) < 4.78 is 73.2. The van der Waals surface area contributed by atoms with Crippen molar-refractivity contribution in [3.8, 4) is 5.75 Å². The lowest BCUT2D eigenvalue weighted by Gasteiger charge is -2.23. The smallest absolute Gasteiger partial charge is 0.425 e. The molecule has 1 saturated heterocycles. The topological polar surface area (TPSA) is 72.9 Å². The minimum Gasteiger partial charge on any atom is -0.480 e. The Labute approximate surface area is 200 Å². The Morgan fingerprint density at radius 1 is 1.12 bits per heavy atom. The van der Waals surface area contributed by atoms with E-state index in [4.69, 9.17) is 20.2 Å². The van der Waals surface area contributed by atoms with Crippen molar-refractivity contribution in [1.82, 2.24) is 4.90 Å². The number of fused-ring (bicyclic) bond motifs is 1. The van der Waals surface area contributed by atoms with E-state index in [1.165, 1.54) is 4.90 Å². The Balaban J connectivity index is 1.61. The van der Waals surface area contributed by atoms with E-state index in [1.807, 2.05) is 12.1 Å². The van der Waals surface area contributed by atoms with E-state index in [1.54, 1.807) is 0 Å². The van der Waals surface area contributed by atoms with E-state index < -0.39 is 32.1 Å². The van der Waals surface area contributed by atoms with Crippen LogP contribution in [0.5, 0.6) is 5.75 Å². The molecule has 0 spiro atoms. The predicted octanol–water partition coefficient (Wildman–Crippen LogP) is 4.99. The molecule has 1 fully saturated rings. The molecule has 2 aromatic rings. The first-order valence-corrected chi connectivity index (χ1v) is 13.0. The van der Waals surface area contributed by atoms with Crippen LogP contribution >= 0.6 is 10.7 Å². The lowest BCUT2D eigenvalue weighted by Crippen LogP contribution is -2.32. The molecule has 0 radical (unpaired) electrons. The Morgan fingerprint density at radius 2 is 1.79 bits per heavy atom. The van der Waals surface area contributed by atoms with E-state index in [0.29, 0.717) is 19.1 Å². The summed E-state index contributed by atoms with van der Waals surface area (Å²) in [7, 11) is 1.19. The zero-order chi connectivity index (χ0) is 24.7. The Hall–Kier alpha value is -2.30. The molecule has 0 saturated carbocycles. The van der Waals surface area contributed by atoms with Crippen molar-refractivity contribution in [3.05, 3.63) is 58.7 Å². The second-order valence-corrected chi connectivity index (χ2v) is 11.0. The van der Waals surface area contributed by atoms with Gasteiger partial charge < -0.3 is 14.4 Å². The molecule has 4 rings (SSSR count). The van der Waals surface area contributed by atoms with Gasteiger partial charge >= 0.3 is 6.18 Å². The summed E-state index contributed by atoms with van der Waals surface area (Å²) in [4.78, 5) is 14.4. The Morgan fingerprint density at radius 3 is 2.44 bits per heavy atom. The summed E-state index contributed by atoms with van der Waals surface area (Å²) >= 11 is 0. The van der Waals surface area contributed by atoms with Gasteiger partial charge in [-0.1, -0.05) is 18.2 Å². The summed E-state index contributed by atoms with van der Waals surface area (Å²) in [6.07, 6.45) is -5.03. The molecule has 1 unspecified atom stereocenters. The van der Waals surface area contributed by atoms with E-state index in [2.05, 4.69) is 6.07 Å². The van der Waals surface area contributed by atoms with Crippen LogP contribution in [0.3, 0.4) is 0 Å². The molecule has 11 heteroatoms. The van der Waals surface area contributed by atoms with Crippen LogP contribution in [0.25, 0.3) is 0 Å². The fourth-order valence-electron chi connectivity index (χ4n) is 4.20. The van der Waals surface area contributed by atoms with Crippen molar-refractivity contribution in [2.45, 2.75) is 55.9 Å². The minimum absolute atomic E-state index is 0.244. The van der Waals surface area contributed by atoms with Gasteiger partial charge in [-0.2, -0.15) is 13.2 Å². The van der Waals surface area contributed by atoms with Gasteiger partial charge in [0.2, 0.25) is 0 Å². The van der Waals surface area contributed by atoms with Crippen LogP contribution in [0.1, 0.15) is 52.7 Å². The molecule has 6 nitrogen and oxygen atoms in total. The van der Waals surface area contributed by atoms with E-state index in [-0.39, 0.29) is 24.4 Å². The lowest BCUT2D eigenvalue weighted by molar-refractivity contribution is -0.189. The maximum Gasteiger partial charge on any atom is 0.425 e. The number of hydrogen-bond donors (Lipinski definition) is 0. The van der Waals surface area contributed by atoms with Crippen molar-refractivity contribution in [2.24, 2.45) is 0 Å². The molecule has 2 heterocycles. The van der Waals surface area contributed by atoms with E-state index in [9.17, 15) is 26.4 Å². The van der Waals surface area contributed by atoms with Crippen LogP contribution in [-0.4, -0.2) is 44.7 Å². The van der Waals surface area contributed by atoms with Gasteiger partial charge in [0.1, 0.15) is 5.75 Å². The molecule has 2 aliphatic rings. The van der Waals surface area contributed by atoms with Crippen LogP contribution in [0.15, 0.2) is 41.3 Å². The van der Waals surface area contributed by atoms with Gasteiger partial charge in [0.25, 0.3) is 15.0 Å². The van der Waals surface area contributed by atoms with Gasteiger partial charge in [-0.25, -0.2) is 8.42 Å². The highest BCUT2D eigenvalue weighted by atomic mass is 35.7. The Bertz CT molecular complexity index is 1200. The molecule has 1 atom stereocenters. The second-order valence-electron chi connectivity index (χ2n) is 8.47. The zero-order valence-corrected chi connectivity index (χ0v) is 19.8. The number of benzene rings is 2. The maximum atomic E-state index is 13.3. The van der Waals surface area contributed by atoms with Gasteiger partial charge in [-0.15, -0.1) is 0 Å². The number of nitrogens with zero attached hydrogens (tertiary/aromatic N) is 1. The number of carbonyl (C=O) groups excluding carboxylic acids is 1. The average molecular weight is 518 g/mol. The van der Waals surface area contributed by atoms with E-state index in [0.717, 1.165) is 54.7 Å². The van der Waals surface area contributed by atoms with Crippen LogP contribution in [-0.2, 0) is 26.9 Å². The number of rotatable bonds is 5. The fourth-order valence-corrected chi connectivity index (χ4v) is 4.98. The predicted molar refractivity (Wildman–Crippen MR) is 118 cm³/mol. The third-order valence-electron chi connectivity index (χ3n) is 6.16. The zero-order valence-electron chi connectivity index (χ0n) is 18.3. The highest BCUT2D eigenvalue weighted by Gasteiger charge is 2.39. The highest BCUT2D eigenvalue weighted by molar-refractivity contribution is 8.13. The summed E-state index contributed by atoms with van der Waals surface area (Å²) in [6, 6.07) is 9.04. The Kier molecular flexibility index (Phi) is 6.85. The maximum absolute atomic E-state index is 13.3. The van der Waals surface area contributed by atoms with Crippen molar-refractivity contribution in [2.75, 3.05) is 13.2 Å². The number of alkyl halides is 3. The third kappa shape index (κ3) is 5.34. The highest BCUT2D eigenvalue weighted by Crippen LogP contribution is 2.35. The van der Waals surface area contributed by atoms with Crippen LogP contribution in [0.4, 0.5) is 13.2 Å². The van der Waals surface area contributed by atoms with E-state index >= 15 is 0 Å². The van der Waals surface area contributed by atoms with Crippen LogP contribution in [0, 0.1) is 0 Å². The number of carbonyl (C=O) groups is 1. The molecule has 0 aromatic heterocycles. The van der Waals surface area contributed by atoms with Gasteiger partial charge in [0.05, 0.1) is 10.5 Å². The normalized spacial score (nSPS) is 18.0. The van der Waals surface area contributed by atoms with Crippen LogP contribution < -0.4 is 4.74 Å². The molecule has 0 bridgehead atoms. The van der Waals surface area contributed by atoms with Crippen molar-refractivity contribution in [3.63, 3.8) is 0 Å². The van der Waals surface area contributed by atoms with Gasteiger partial charge in [0, 0.05) is 37.0 Å². The third-order valence-corrected chi connectivity index (χ3v) is 7.51. The molecule has 34 heavy (non-hydrogen) atoms. The monoisotopic (exact) mass is 517 g/mol. The molecule has 0 aliphatic carbocycles. The first kappa shape index (κ1) is 24.8. The number of halogens is 4. The molecular weight excluding hydrogens is 495 g/mol. The summed E-state index contributed by atoms with van der Waals surface area (Å²) in [5.74, 6) is -0.633. The quantitative estimate of drug-likeness (QED) is 0.522. The molecular formula is C23H23ClF3NO5S. The number of ether oxygens (including phenoxy) is 2. The summed E-state index contributed by atoms with van der Waals surface area (Å²) in [5.41, 5.74) is 2.74. The van der Waals surface area contributed by atoms with Crippen molar-refractivity contribution >= 4 is 25.6 Å². The first-order valence-electron chi connectivity index (χ1n) is 10.7. The molecule has 184 valence electrons. The van der Waals surface area contributed by atoms with Gasteiger partial charge in [-0.05, 0) is 60.6 Å². The van der Waals surface area contributed by atoms with Crippen molar-refractivity contribution in [1.29, 1.82) is 0 Å². The number of hydrogen-bond acceptors (Lipinski definition) is 5. The van der Waals surface area contributed by atoms with Gasteiger partial charge in [0.15, 0.2) is 6.10 Å². The average Bonchev–Trinajstić information content (AvgIpc) is 3.21. The molecule has 0 N–H and O–H groups in total. The van der Waals surface area contributed by atoms with Crippen molar-refractivity contribution < 1.29 is 35.9 Å². The second kappa shape index (κ2) is 9.39. The van der Waals surface area contributed by atoms with Gasteiger partial charge in [-0.3, -0.25) is 4.79 Å². The SMILES string of the molecule is CC(Oc1ccc(S(=O)(=O)Cl)cc1C(=O)N1Cc2ccc(C3CCOCC3)cc2C1)C(F)(F)F. The number of amides is 1. The molecule has 2 aliphatic heterocycles. The molecule has 2 aromatic carbocycles.